The van der Waals surface area contributed by atoms with Gasteiger partial charge in [0, 0.05) is 35.6 Å². The third-order valence-electron chi connectivity index (χ3n) is 8.83. The average molecular weight is 572 g/mol. The molecule has 2 aromatic carbocycles. The molecular weight excluding hydrogens is 538 g/mol. The van der Waals surface area contributed by atoms with Gasteiger partial charge in [0.2, 0.25) is 0 Å². The molecule has 2 aromatic rings. The first-order valence-electron chi connectivity index (χ1n) is 13.7. The lowest BCUT2D eigenvalue weighted by Crippen LogP contribution is -2.49. The van der Waals surface area contributed by atoms with E-state index in [1.807, 2.05) is 6.07 Å². The number of carbonyl (C=O) groups is 1. The fourth-order valence-electron chi connectivity index (χ4n) is 6.68. The van der Waals surface area contributed by atoms with Crippen LogP contribution in [0.2, 0.25) is 5.02 Å². The second-order valence-electron chi connectivity index (χ2n) is 11.3. The van der Waals surface area contributed by atoms with Gasteiger partial charge in [-0.25, -0.2) is 4.72 Å². The number of amides is 1. The minimum Gasteiger partial charge on any atom is -0.490 e. The summed E-state index contributed by atoms with van der Waals surface area (Å²) in [6.45, 7) is 2.02. The number of anilines is 1. The van der Waals surface area contributed by atoms with Crippen molar-refractivity contribution < 1.29 is 23.1 Å². The third-order valence-corrected chi connectivity index (χ3v) is 10.1. The quantitative estimate of drug-likeness (QED) is 0.416. The highest BCUT2D eigenvalue weighted by Crippen LogP contribution is 2.46. The van der Waals surface area contributed by atoms with E-state index in [-0.39, 0.29) is 29.4 Å². The molecule has 0 unspecified atom stereocenters. The van der Waals surface area contributed by atoms with Crippen molar-refractivity contribution in [3.8, 4) is 5.75 Å². The summed E-state index contributed by atoms with van der Waals surface area (Å²) in [6, 6.07) is 11.2. The Morgan fingerprint density at radius 1 is 1.15 bits per heavy atom. The van der Waals surface area contributed by atoms with Crippen LogP contribution in [0.15, 0.2) is 48.6 Å². The number of hydrogen-bond donors (Lipinski definition) is 3. The maximum atomic E-state index is 13.0. The molecule has 1 saturated carbocycles. The van der Waals surface area contributed by atoms with Gasteiger partial charge in [-0.3, -0.25) is 4.79 Å². The van der Waals surface area contributed by atoms with Gasteiger partial charge in [0.25, 0.3) is 5.91 Å². The predicted molar refractivity (Wildman–Crippen MR) is 151 cm³/mol. The topological polar surface area (TPSA) is 108 Å². The first-order valence-corrected chi connectivity index (χ1v) is 15.6. The van der Waals surface area contributed by atoms with Crippen molar-refractivity contribution in [2.45, 2.75) is 50.0 Å². The highest BCUT2D eigenvalue weighted by Gasteiger charge is 2.44. The van der Waals surface area contributed by atoms with Crippen LogP contribution in [-0.2, 0) is 22.0 Å². The van der Waals surface area contributed by atoms with Gasteiger partial charge in [-0.15, -0.1) is 0 Å². The number of nitrogens with zero attached hydrogens (tertiary/aromatic N) is 1. The Bertz CT molecular complexity index is 1410. The molecule has 2 bridgehead atoms. The van der Waals surface area contributed by atoms with Crippen LogP contribution < -0.4 is 19.1 Å². The Labute approximate surface area is 234 Å². The minimum atomic E-state index is -4.03. The molecule has 2 aliphatic heterocycles. The molecule has 10 heteroatoms. The summed E-state index contributed by atoms with van der Waals surface area (Å²) in [5, 5.41) is 11.7. The smallest absolute Gasteiger partial charge is 0.301 e. The molecular formula is C29H34ClN3O5S. The summed E-state index contributed by atoms with van der Waals surface area (Å²) in [4.78, 5) is 15.3. The van der Waals surface area contributed by atoms with Crippen molar-refractivity contribution in [3.63, 3.8) is 0 Å². The van der Waals surface area contributed by atoms with Crippen LogP contribution in [0.4, 0.5) is 5.69 Å². The lowest BCUT2D eigenvalue weighted by molar-refractivity contribution is 0.0456. The van der Waals surface area contributed by atoms with Gasteiger partial charge in [-0.2, -0.15) is 13.1 Å². The van der Waals surface area contributed by atoms with Gasteiger partial charge >= 0.3 is 10.2 Å². The normalized spacial score (nSPS) is 31.1. The van der Waals surface area contributed by atoms with Crippen molar-refractivity contribution in [2.75, 3.05) is 31.1 Å². The first kappa shape index (κ1) is 26.6. The Morgan fingerprint density at radius 3 is 2.85 bits per heavy atom. The lowest BCUT2D eigenvalue weighted by Gasteiger charge is -2.45. The molecule has 1 fully saturated rings. The Morgan fingerprint density at radius 2 is 2.03 bits per heavy atom. The predicted octanol–water partition coefficient (Wildman–Crippen LogP) is 3.72. The van der Waals surface area contributed by atoms with E-state index in [1.165, 1.54) is 11.1 Å². The van der Waals surface area contributed by atoms with Gasteiger partial charge in [-0.1, -0.05) is 29.8 Å². The monoisotopic (exact) mass is 571 g/mol. The minimum absolute atomic E-state index is 0.123. The van der Waals surface area contributed by atoms with E-state index in [1.54, 1.807) is 30.4 Å². The number of aliphatic hydroxyl groups is 1. The number of hydrogen-bond acceptors (Lipinski definition) is 6. The number of ether oxygens (including phenoxy) is 1. The molecule has 6 rings (SSSR count). The molecule has 39 heavy (non-hydrogen) atoms. The van der Waals surface area contributed by atoms with Crippen molar-refractivity contribution >= 4 is 33.4 Å². The van der Waals surface area contributed by atoms with Gasteiger partial charge < -0.3 is 14.7 Å². The fraction of sp³-hybridized carbons (Fsp3) is 0.483. The van der Waals surface area contributed by atoms with Crippen LogP contribution in [0.3, 0.4) is 0 Å². The zero-order valence-electron chi connectivity index (χ0n) is 21.7. The largest absolute Gasteiger partial charge is 0.490 e. The van der Waals surface area contributed by atoms with Crippen molar-refractivity contribution in [1.82, 2.24) is 9.44 Å². The molecule has 4 atom stereocenters. The number of halogens is 1. The summed E-state index contributed by atoms with van der Waals surface area (Å²) in [6.07, 6.45) is 8.31. The van der Waals surface area contributed by atoms with E-state index in [0.717, 1.165) is 42.8 Å². The third kappa shape index (κ3) is 5.29. The molecule has 208 valence electrons. The molecule has 4 aliphatic rings. The SMILES string of the molecule is O=C1NS(=O)(=O)NCC/C=C/[C@H](O)[C@@H]2CC[C@H]2CN2C[C@@]3(CCCc4cc(Cl)ccc43)COc3ccc1cc32. The summed E-state index contributed by atoms with van der Waals surface area (Å²) in [7, 11) is -4.03. The van der Waals surface area contributed by atoms with Crippen LogP contribution in [0, 0.1) is 11.8 Å². The maximum Gasteiger partial charge on any atom is 0.301 e. The Hall–Kier alpha value is -2.59. The molecule has 1 amide bonds. The fourth-order valence-corrected chi connectivity index (χ4v) is 7.70. The zero-order chi connectivity index (χ0) is 27.2. The van der Waals surface area contributed by atoms with Crippen LogP contribution in [-0.4, -0.2) is 51.8 Å². The number of carbonyl (C=O) groups excluding carboxylic acids is 1. The number of aryl methyl sites for hydroxylation is 1. The van der Waals surface area contributed by atoms with Crippen molar-refractivity contribution in [3.05, 3.63) is 70.3 Å². The lowest BCUT2D eigenvalue weighted by atomic mass is 9.68. The Kier molecular flexibility index (Phi) is 7.12. The summed E-state index contributed by atoms with van der Waals surface area (Å²) in [5.41, 5.74) is 3.26. The van der Waals surface area contributed by atoms with E-state index < -0.39 is 22.2 Å². The second-order valence-corrected chi connectivity index (χ2v) is 13.3. The van der Waals surface area contributed by atoms with Gasteiger partial charge in [0.05, 0.1) is 18.4 Å². The Balaban J connectivity index is 1.42. The standard InChI is InChI=1S/C29H34ClN3O5S/c30-22-8-10-24-19(14-22)4-3-12-29(24)17-33-16-21-6-9-23(21)26(34)5-1-2-13-31-39(36,37)32-28(35)20-7-11-27(38-18-29)25(33)15-20/h1,5,7-8,10-11,14-15,21,23,26,31,34H,2-4,6,9,12-13,16-18H2,(H,32,35)/b5-1+/t21-,23+,26-,29-/m0/s1. The molecule has 1 spiro atoms. The molecule has 0 radical (unpaired) electrons. The van der Waals surface area contributed by atoms with Gasteiger partial charge in [0.1, 0.15) is 5.75 Å². The van der Waals surface area contributed by atoms with Crippen LogP contribution >= 0.6 is 11.6 Å². The number of aliphatic hydroxyl groups excluding tert-OH is 1. The first-order chi connectivity index (χ1) is 18.7. The van der Waals surface area contributed by atoms with E-state index in [2.05, 4.69) is 26.5 Å². The van der Waals surface area contributed by atoms with E-state index in [4.69, 9.17) is 16.3 Å². The number of rotatable bonds is 0. The average Bonchev–Trinajstić information content (AvgIpc) is 3.02. The van der Waals surface area contributed by atoms with Crippen molar-refractivity contribution in [1.29, 1.82) is 0 Å². The van der Waals surface area contributed by atoms with E-state index in [0.29, 0.717) is 31.9 Å². The highest BCUT2D eigenvalue weighted by atomic mass is 35.5. The number of nitrogens with one attached hydrogen (secondary N) is 2. The van der Waals surface area contributed by atoms with E-state index >= 15 is 0 Å². The molecule has 0 aromatic heterocycles. The maximum absolute atomic E-state index is 13.0. The molecule has 8 nitrogen and oxygen atoms in total. The van der Waals surface area contributed by atoms with Gasteiger partial charge in [0.15, 0.2) is 0 Å². The summed E-state index contributed by atoms with van der Waals surface area (Å²) in [5.74, 6) is 0.382. The van der Waals surface area contributed by atoms with Crippen LogP contribution in [0.1, 0.15) is 53.6 Å². The van der Waals surface area contributed by atoms with Crippen LogP contribution in [0.25, 0.3) is 0 Å². The number of fused-ring (bicyclic) bond motifs is 4. The second kappa shape index (κ2) is 10.4. The summed E-state index contributed by atoms with van der Waals surface area (Å²) >= 11 is 6.36. The molecule has 2 aliphatic carbocycles. The van der Waals surface area contributed by atoms with Crippen LogP contribution in [0.5, 0.6) is 5.75 Å². The highest BCUT2D eigenvalue weighted by molar-refractivity contribution is 7.88. The van der Waals surface area contributed by atoms with E-state index in [9.17, 15) is 18.3 Å². The van der Waals surface area contributed by atoms with Crippen molar-refractivity contribution in [2.24, 2.45) is 11.8 Å². The zero-order valence-corrected chi connectivity index (χ0v) is 23.3. The molecule has 3 N–H and O–H groups in total. The summed E-state index contributed by atoms with van der Waals surface area (Å²) < 4.78 is 35.9. The number of benzene rings is 2. The molecule has 2 heterocycles. The molecule has 0 saturated heterocycles. The van der Waals surface area contributed by atoms with Gasteiger partial charge in [-0.05, 0) is 91.8 Å².